The molecule has 24 heavy (non-hydrogen) atoms. The van der Waals surface area contributed by atoms with Gasteiger partial charge in [0.2, 0.25) is 5.91 Å². The van der Waals surface area contributed by atoms with Crippen molar-refractivity contribution in [1.82, 2.24) is 10.2 Å². The maximum absolute atomic E-state index is 12.0. The van der Waals surface area contributed by atoms with Crippen LogP contribution < -0.4 is 5.32 Å². The molecule has 3 nitrogen and oxygen atoms in total. The van der Waals surface area contributed by atoms with Crippen LogP contribution in [0.25, 0.3) is 0 Å². The van der Waals surface area contributed by atoms with Crippen LogP contribution in [0, 0.1) is 6.92 Å². The van der Waals surface area contributed by atoms with Gasteiger partial charge in [-0.25, -0.2) is 0 Å². The van der Waals surface area contributed by atoms with Crippen molar-refractivity contribution in [2.24, 2.45) is 0 Å². The maximum Gasteiger partial charge on any atom is 0.230 e. The molecule has 128 valence electrons. The summed E-state index contributed by atoms with van der Waals surface area (Å²) in [5.74, 6) is 0.487. The number of carbonyl (C=O) groups excluding carboxylic acids is 1. The summed E-state index contributed by atoms with van der Waals surface area (Å²) in [6.45, 7) is 3.55. The van der Waals surface area contributed by atoms with E-state index >= 15 is 0 Å². The lowest BCUT2D eigenvalue weighted by atomic mass is 10.1. The summed E-state index contributed by atoms with van der Waals surface area (Å²) in [6, 6.07) is 14.5. The van der Waals surface area contributed by atoms with Gasteiger partial charge in [0, 0.05) is 22.5 Å². The fraction of sp³-hybridized carbons (Fsp3) is 0.316. The van der Waals surface area contributed by atoms with E-state index in [0.717, 1.165) is 21.5 Å². The summed E-state index contributed by atoms with van der Waals surface area (Å²) in [6.07, 6.45) is 0. The van der Waals surface area contributed by atoms with Gasteiger partial charge in [-0.1, -0.05) is 40.2 Å². The number of rotatable bonds is 7. The molecule has 0 spiro atoms. The first kappa shape index (κ1) is 19.0. The molecule has 0 aliphatic heterocycles. The van der Waals surface area contributed by atoms with E-state index in [4.69, 9.17) is 0 Å². The first-order chi connectivity index (χ1) is 11.4. The molecule has 5 heteroatoms. The van der Waals surface area contributed by atoms with Gasteiger partial charge >= 0.3 is 0 Å². The van der Waals surface area contributed by atoms with E-state index < -0.39 is 0 Å². The number of nitrogens with zero attached hydrogens (tertiary/aromatic N) is 1. The minimum absolute atomic E-state index is 0.0553. The van der Waals surface area contributed by atoms with Gasteiger partial charge in [-0.05, 0) is 55.9 Å². The van der Waals surface area contributed by atoms with Crippen molar-refractivity contribution in [2.75, 3.05) is 19.8 Å². The highest BCUT2D eigenvalue weighted by Crippen LogP contribution is 2.25. The summed E-state index contributed by atoms with van der Waals surface area (Å²) >= 11 is 5.02. The molecule has 0 saturated heterocycles. The summed E-state index contributed by atoms with van der Waals surface area (Å²) < 4.78 is 1.06. The second kappa shape index (κ2) is 9.25. The van der Waals surface area contributed by atoms with Gasteiger partial charge in [-0.15, -0.1) is 11.8 Å². The number of halogens is 1. The van der Waals surface area contributed by atoms with E-state index in [1.807, 2.05) is 12.1 Å². The van der Waals surface area contributed by atoms with Gasteiger partial charge < -0.3 is 10.2 Å². The normalized spacial score (nSPS) is 10.9. The van der Waals surface area contributed by atoms with Gasteiger partial charge in [0.1, 0.15) is 0 Å². The van der Waals surface area contributed by atoms with E-state index in [9.17, 15) is 4.79 Å². The topological polar surface area (TPSA) is 32.3 Å². The summed E-state index contributed by atoms with van der Waals surface area (Å²) in [5.41, 5.74) is 3.57. The van der Waals surface area contributed by atoms with Crippen molar-refractivity contribution >= 4 is 33.6 Å². The van der Waals surface area contributed by atoms with Gasteiger partial charge in [0.05, 0.1) is 5.75 Å². The number of benzene rings is 2. The average molecular weight is 407 g/mol. The highest BCUT2D eigenvalue weighted by atomic mass is 79.9. The number of carbonyl (C=O) groups is 1. The van der Waals surface area contributed by atoms with E-state index in [-0.39, 0.29) is 5.91 Å². The fourth-order valence-electron chi connectivity index (χ4n) is 2.30. The monoisotopic (exact) mass is 406 g/mol. The van der Waals surface area contributed by atoms with Crippen LogP contribution in [0.3, 0.4) is 0 Å². The number of thioether (sulfide) groups is 1. The fourth-order valence-corrected chi connectivity index (χ4v) is 3.61. The number of hydrogen-bond acceptors (Lipinski definition) is 3. The molecule has 0 aromatic heterocycles. The predicted molar refractivity (Wildman–Crippen MR) is 105 cm³/mol. The Morgan fingerprint density at radius 1 is 1.12 bits per heavy atom. The Labute approximate surface area is 157 Å². The molecule has 1 N–H and O–H groups in total. The predicted octanol–water partition coefficient (Wildman–Crippen LogP) is 4.23. The second-order valence-corrected chi connectivity index (χ2v) is 7.96. The van der Waals surface area contributed by atoms with Crippen LogP contribution >= 0.6 is 27.7 Å². The molecule has 0 unspecified atom stereocenters. The van der Waals surface area contributed by atoms with Gasteiger partial charge in [0.15, 0.2) is 0 Å². The zero-order chi connectivity index (χ0) is 17.5. The van der Waals surface area contributed by atoms with Crippen molar-refractivity contribution in [3.05, 3.63) is 63.6 Å². The summed E-state index contributed by atoms with van der Waals surface area (Å²) in [7, 11) is 4.11. The molecule has 0 heterocycles. The Morgan fingerprint density at radius 3 is 2.42 bits per heavy atom. The molecule has 2 aromatic carbocycles. The molecule has 0 radical (unpaired) electrons. The molecule has 0 aliphatic carbocycles. The number of amides is 1. The third-order valence-corrected chi connectivity index (χ3v) is 5.18. The van der Waals surface area contributed by atoms with Crippen LogP contribution in [0.5, 0.6) is 0 Å². The second-order valence-electron chi connectivity index (χ2n) is 6.03. The molecule has 0 atom stereocenters. The Balaban J connectivity index is 1.78. The summed E-state index contributed by atoms with van der Waals surface area (Å²) in [5, 5.41) is 2.98. The average Bonchev–Trinajstić information content (AvgIpc) is 2.53. The molecular weight excluding hydrogens is 384 g/mol. The lowest BCUT2D eigenvalue weighted by Crippen LogP contribution is -2.24. The van der Waals surface area contributed by atoms with Crippen LogP contribution in [-0.4, -0.2) is 30.7 Å². The van der Waals surface area contributed by atoms with Crippen LogP contribution in [0.1, 0.15) is 16.7 Å². The molecule has 0 fully saturated rings. The van der Waals surface area contributed by atoms with Gasteiger partial charge in [-0.2, -0.15) is 0 Å². The highest BCUT2D eigenvalue weighted by molar-refractivity contribution is 9.10. The van der Waals surface area contributed by atoms with E-state index in [2.05, 4.69) is 77.5 Å². The standard InChI is InChI=1S/C19H23BrN2OS/c1-14-10-17(20)8-9-18(14)24-13-19(23)21-11-15-4-6-16(7-5-15)12-22(2)3/h4-10H,11-13H2,1-3H3,(H,21,23). The molecule has 0 bridgehead atoms. The molecule has 0 saturated carbocycles. The van der Waals surface area contributed by atoms with Crippen molar-refractivity contribution < 1.29 is 4.79 Å². The van der Waals surface area contributed by atoms with Gasteiger partial charge in [-0.3, -0.25) is 4.79 Å². The molecule has 2 aromatic rings. The largest absolute Gasteiger partial charge is 0.351 e. The minimum Gasteiger partial charge on any atom is -0.351 e. The van der Waals surface area contributed by atoms with Crippen LogP contribution in [0.2, 0.25) is 0 Å². The first-order valence-electron chi connectivity index (χ1n) is 7.82. The van der Waals surface area contributed by atoms with E-state index in [0.29, 0.717) is 12.3 Å². The smallest absolute Gasteiger partial charge is 0.230 e. The van der Waals surface area contributed by atoms with Crippen LogP contribution in [0.15, 0.2) is 51.8 Å². The molecular formula is C19H23BrN2OS. The summed E-state index contributed by atoms with van der Waals surface area (Å²) in [4.78, 5) is 15.3. The quantitative estimate of drug-likeness (QED) is 0.698. The maximum atomic E-state index is 12.0. The molecule has 2 rings (SSSR count). The number of hydrogen-bond donors (Lipinski definition) is 1. The molecule has 1 amide bonds. The van der Waals surface area contributed by atoms with Crippen LogP contribution in [-0.2, 0) is 17.9 Å². The third kappa shape index (κ3) is 6.30. The minimum atomic E-state index is 0.0553. The Bertz CT molecular complexity index is 686. The van der Waals surface area contributed by atoms with Gasteiger partial charge in [0.25, 0.3) is 0 Å². The van der Waals surface area contributed by atoms with Crippen molar-refractivity contribution in [3.8, 4) is 0 Å². The van der Waals surface area contributed by atoms with E-state index in [1.54, 1.807) is 11.8 Å². The van der Waals surface area contributed by atoms with Crippen molar-refractivity contribution in [1.29, 1.82) is 0 Å². The van der Waals surface area contributed by atoms with Crippen molar-refractivity contribution in [2.45, 2.75) is 24.9 Å². The zero-order valence-electron chi connectivity index (χ0n) is 14.3. The van der Waals surface area contributed by atoms with Crippen molar-refractivity contribution in [3.63, 3.8) is 0 Å². The van der Waals surface area contributed by atoms with Crippen LogP contribution in [0.4, 0.5) is 0 Å². The Morgan fingerprint density at radius 2 is 1.79 bits per heavy atom. The highest BCUT2D eigenvalue weighted by Gasteiger charge is 2.05. The lowest BCUT2D eigenvalue weighted by Gasteiger charge is -2.10. The number of nitrogens with one attached hydrogen (secondary N) is 1. The molecule has 0 aliphatic rings. The Hall–Kier alpha value is -1.30. The first-order valence-corrected chi connectivity index (χ1v) is 9.60. The lowest BCUT2D eigenvalue weighted by molar-refractivity contribution is -0.118. The van der Waals surface area contributed by atoms with E-state index in [1.165, 1.54) is 11.1 Å². The Kier molecular flexibility index (Phi) is 7.34. The SMILES string of the molecule is Cc1cc(Br)ccc1SCC(=O)NCc1ccc(CN(C)C)cc1. The third-order valence-electron chi connectivity index (χ3n) is 3.51. The number of aryl methyl sites for hydroxylation is 1. The zero-order valence-corrected chi connectivity index (χ0v) is 16.7.